The molecule has 0 N–H and O–H groups in total. The highest BCUT2D eigenvalue weighted by molar-refractivity contribution is 5.33. The molecule has 26 heavy (non-hydrogen) atoms. The minimum Gasteiger partial charge on any atom is -0.368 e. The van der Waals surface area contributed by atoms with Crippen molar-refractivity contribution in [2.75, 3.05) is 0 Å². The Balaban J connectivity index is 2.24. The van der Waals surface area contributed by atoms with Crippen LogP contribution in [0.2, 0.25) is 0 Å². The van der Waals surface area contributed by atoms with Crippen LogP contribution in [0.3, 0.4) is 0 Å². The summed E-state index contributed by atoms with van der Waals surface area (Å²) in [7, 11) is 0. The molecule has 1 aromatic heterocycles. The highest BCUT2D eigenvalue weighted by atomic mass is 19.4. The number of alkyl halides is 6. The summed E-state index contributed by atoms with van der Waals surface area (Å²) in [6.45, 7) is 1.05. The minimum absolute atomic E-state index is 0.0604. The van der Waals surface area contributed by atoms with Crippen LogP contribution in [-0.4, -0.2) is 4.98 Å². The van der Waals surface area contributed by atoms with Gasteiger partial charge in [0.25, 0.3) is 0 Å². The number of halogens is 6. The minimum atomic E-state index is -4.91. The van der Waals surface area contributed by atoms with Crippen molar-refractivity contribution in [1.29, 1.82) is 5.26 Å². The fourth-order valence-corrected chi connectivity index (χ4v) is 2.15. The number of rotatable bonds is 4. The van der Waals surface area contributed by atoms with Gasteiger partial charge < -0.3 is 4.74 Å². The first-order valence-electron chi connectivity index (χ1n) is 7.27. The molecule has 0 radical (unpaired) electrons. The zero-order valence-corrected chi connectivity index (χ0v) is 13.3. The van der Waals surface area contributed by atoms with Gasteiger partial charge in [0.2, 0.25) is 0 Å². The maximum Gasteiger partial charge on any atom is 0.416 e. The maximum absolute atomic E-state index is 12.8. The van der Waals surface area contributed by atoms with Crippen LogP contribution < -0.4 is 0 Å². The molecule has 138 valence electrons. The standard InChI is InChI=1S/C17H12F6N2O/c1-10(15-4-2-3-14(8-24)25-15)26-9-11-5-12(16(18,19)20)7-13(6-11)17(21,22)23/h2-7,10H,9H2,1H3. The lowest BCUT2D eigenvalue weighted by atomic mass is 10.1. The summed E-state index contributed by atoms with van der Waals surface area (Å²) in [5.74, 6) is 0. The van der Waals surface area contributed by atoms with E-state index in [0.717, 1.165) is 0 Å². The van der Waals surface area contributed by atoms with Crippen molar-refractivity contribution in [3.63, 3.8) is 0 Å². The Bertz CT molecular complexity index is 791. The molecule has 1 unspecified atom stereocenters. The molecule has 0 amide bonds. The SMILES string of the molecule is CC(OCc1cc(C(F)(F)F)cc(C(F)(F)F)c1)c1cccc(C#N)n1. The molecule has 0 aliphatic rings. The predicted molar refractivity (Wildman–Crippen MR) is 78.6 cm³/mol. The molecule has 1 aromatic carbocycles. The van der Waals surface area contributed by atoms with E-state index in [4.69, 9.17) is 10.00 Å². The van der Waals surface area contributed by atoms with E-state index in [-0.39, 0.29) is 17.3 Å². The molecule has 0 saturated carbocycles. The molecule has 1 atom stereocenters. The number of nitriles is 1. The largest absolute Gasteiger partial charge is 0.416 e. The van der Waals surface area contributed by atoms with Crippen molar-refractivity contribution in [1.82, 2.24) is 4.98 Å². The molecule has 2 aromatic rings. The molecule has 0 fully saturated rings. The van der Waals surface area contributed by atoms with E-state index >= 15 is 0 Å². The van der Waals surface area contributed by atoms with Gasteiger partial charge in [0.05, 0.1) is 29.5 Å². The number of aromatic nitrogens is 1. The first-order valence-corrected chi connectivity index (χ1v) is 7.27. The van der Waals surface area contributed by atoms with Gasteiger partial charge in [-0.15, -0.1) is 0 Å². The van der Waals surface area contributed by atoms with Crippen LogP contribution in [0.4, 0.5) is 26.3 Å². The summed E-state index contributed by atoms with van der Waals surface area (Å²) in [4.78, 5) is 3.97. The second-order valence-electron chi connectivity index (χ2n) is 5.43. The third-order valence-corrected chi connectivity index (χ3v) is 3.45. The average Bonchev–Trinajstić information content (AvgIpc) is 2.58. The molecule has 1 heterocycles. The fraction of sp³-hybridized carbons (Fsp3) is 0.294. The molecular weight excluding hydrogens is 362 g/mol. The van der Waals surface area contributed by atoms with Crippen LogP contribution in [0.1, 0.15) is 41.1 Å². The highest BCUT2D eigenvalue weighted by Gasteiger charge is 2.36. The molecule has 0 bridgehead atoms. The highest BCUT2D eigenvalue weighted by Crippen LogP contribution is 2.36. The molecule has 0 aliphatic heterocycles. The van der Waals surface area contributed by atoms with Crippen molar-refractivity contribution in [3.05, 3.63) is 64.5 Å². The Morgan fingerprint density at radius 1 is 1.04 bits per heavy atom. The summed E-state index contributed by atoms with van der Waals surface area (Å²) in [5.41, 5.74) is -2.61. The van der Waals surface area contributed by atoms with Gasteiger partial charge in [0.15, 0.2) is 0 Å². The summed E-state index contributed by atoms with van der Waals surface area (Å²) in [5, 5.41) is 8.80. The van der Waals surface area contributed by atoms with E-state index in [9.17, 15) is 26.3 Å². The van der Waals surface area contributed by atoms with Crippen molar-refractivity contribution in [2.45, 2.75) is 32.0 Å². The van der Waals surface area contributed by atoms with E-state index < -0.39 is 36.2 Å². The number of benzene rings is 1. The van der Waals surface area contributed by atoms with Gasteiger partial charge >= 0.3 is 12.4 Å². The van der Waals surface area contributed by atoms with Crippen LogP contribution in [0.5, 0.6) is 0 Å². The topological polar surface area (TPSA) is 45.9 Å². The van der Waals surface area contributed by atoms with Crippen LogP contribution in [0.25, 0.3) is 0 Å². The van der Waals surface area contributed by atoms with Gasteiger partial charge in [-0.1, -0.05) is 6.07 Å². The number of nitrogens with zero attached hydrogens (tertiary/aromatic N) is 2. The lowest BCUT2D eigenvalue weighted by molar-refractivity contribution is -0.143. The monoisotopic (exact) mass is 374 g/mol. The summed E-state index contributed by atoms with van der Waals surface area (Å²) in [6, 6.07) is 7.66. The van der Waals surface area contributed by atoms with Crippen LogP contribution in [-0.2, 0) is 23.7 Å². The number of ether oxygens (including phenoxy) is 1. The summed E-state index contributed by atoms with van der Waals surface area (Å²) in [6.07, 6.45) is -10.6. The number of pyridine rings is 1. The van der Waals surface area contributed by atoms with Crippen LogP contribution >= 0.6 is 0 Å². The second-order valence-corrected chi connectivity index (χ2v) is 5.43. The van der Waals surface area contributed by atoms with E-state index in [0.29, 0.717) is 17.8 Å². The lowest BCUT2D eigenvalue weighted by Crippen LogP contribution is -2.12. The van der Waals surface area contributed by atoms with E-state index in [1.807, 2.05) is 6.07 Å². The quantitative estimate of drug-likeness (QED) is 0.685. The van der Waals surface area contributed by atoms with Gasteiger partial charge in [0.1, 0.15) is 11.8 Å². The van der Waals surface area contributed by atoms with Crippen molar-refractivity contribution in [2.24, 2.45) is 0 Å². The first kappa shape index (κ1) is 19.7. The number of hydrogen-bond donors (Lipinski definition) is 0. The maximum atomic E-state index is 12.8. The molecule has 9 heteroatoms. The summed E-state index contributed by atoms with van der Waals surface area (Å²) < 4.78 is 82.3. The van der Waals surface area contributed by atoms with E-state index in [1.165, 1.54) is 13.0 Å². The predicted octanol–water partition coefficient (Wildman–Crippen LogP) is 5.27. The van der Waals surface area contributed by atoms with Crippen LogP contribution in [0, 0.1) is 11.3 Å². The van der Waals surface area contributed by atoms with Crippen LogP contribution in [0.15, 0.2) is 36.4 Å². The third-order valence-electron chi connectivity index (χ3n) is 3.45. The van der Waals surface area contributed by atoms with Crippen molar-refractivity contribution in [3.8, 4) is 6.07 Å². The summed E-state index contributed by atoms with van der Waals surface area (Å²) >= 11 is 0. The fourth-order valence-electron chi connectivity index (χ4n) is 2.15. The molecule has 0 spiro atoms. The molecule has 0 saturated heterocycles. The Hall–Kier alpha value is -2.60. The Morgan fingerprint density at radius 2 is 1.62 bits per heavy atom. The van der Waals surface area contributed by atoms with Gasteiger partial charge in [-0.3, -0.25) is 0 Å². The zero-order valence-electron chi connectivity index (χ0n) is 13.3. The molecule has 0 aliphatic carbocycles. The van der Waals surface area contributed by atoms with E-state index in [1.54, 1.807) is 12.1 Å². The average molecular weight is 374 g/mol. The third kappa shape index (κ3) is 4.95. The first-order chi connectivity index (χ1) is 12.0. The van der Waals surface area contributed by atoms with Gasteiger partial charge in [0, 0.05) is 0 Å². The Labute approximate surface area is 144 Å². The van der Waals surface area contributed by atoms with Crippen molar-refractivity contribution >= 4 is 0 Å². The number of hydrogen-bond acceptors (Lipinski definition) is 3. The van der Waals surface area contributed by atoms with Gasteiger partial charge in [-0.05, 0) is 42.8 Å². The van der Waals surface area contributed by atoms with E-state index in [2.05, 4.69) is 4.98 Å². The Kier molecular flexibility index (Phi) is 5.56. The molecule has 2 rings (SSSR count). The normalized spacial score (nSPS) is 13.3. The second kappa shape index (κ2) is 7.33. The smallest absolute Gasteiger partial charge is 0.368 e. The lowest BCUT2D eigenvalue weighted by Gasteiger charge is -2.16. The Morgan fingerprint density at radius 3 is 2.12 bits per heavy atom. The van der Waals surface area contributed by atoms with Gasteiger partial charge in [-0.25, -0.2) is 4.98 Å². The molecular formula is C17H12F6N2O. The van der Waals surface area contributed by atoms with Crippen molar-refractivity contribution < 1.29 is 31.1 Å². The van der Waals surface area contributed by atoms with Gasteiger partial charge in [-0.2, -0.15) is 31.6 Å². The zero-order chi connectivity index (χ0) is 19.5. The molecule has 3 nitrogen and oxygen atoms in total.